The fourth-order valence-corrected chi connectivity index (χ4v) is 3.43. The predicted molar refractivity (Wildman–Crippen MR) is 93.2 cm³/mol. The number of aromatic amines is 1. The molecule has 0 saturated heterocycles. The molecule has 5 heteroatoms. The van der Waals surface area contributed by atoms with Gasteiger partial charge in [0.2, 0.25) is 0 Å². The second-order valence-electron chi connectivity index (χ2n) is 5.98. The van der Waals surface area contributed by atoms with Crippen LogP contribution in [0.25, 0.3) is 10.9 Å². The van der Waals surface area contributed by atoms with Crippen molar-refractivity contribution in [3.05, 3.63) is 69.2 Å². The zero-order valence-corrected chi connectivity index (χ0v) is 13.5. The van der Waals surface area contributed by atoms with Gasteiger partial charge in [-0.15, -0.1) is 0 Å². The highest BCUT2D eigenvalue weighted by atomic mass is 35.5. The van der Waals surface area contributed by atoms with Gasteiger partial charge in [0.1, 0.15) is 5.82 Å². The first-order valence-electron chi connectivity index (χ1n) is 7.65. The lowest BCUT2D eigenvalue weighted by atomic mass is 10.1. The maximum Gasteiger partial charge on any atom is 0.258 e. The van der Waals surface area contributed by atoms with Crippen molar-refractivity contribution in [3.8, 4) is 0 Å². The van der Waals surface area contributed by atoms with E-state index in [0.717, 1.165) is 6.42 Å². The van der Waals surface area contributed by atoms with Crippen molar-refractivity contribution in [1.82, 2.24) is 9.97 Å². The molecule has 0 bridgehead atoms. The Bertz CT molecular complexity index is 950. The molecule has 4 nitrogen and oxygen atoms in total. The van der Waals surface area contributed by atoms with Gasteiger partial charge < -0.3 is 9.88 Å². The Labute approximate surface area is 138 Å². The van der Waals surface area contributed by atoms with Gasteiger partial charge in [0.25, 0.3) is 5.56 Å². The van der Waals surface area contributed by atoms with Crippen molar-refractivity contribution in [1.29, 1.82) is 0 Å². The van der Waals surface area contributed by atoms with E-state index in [4.69, 9.17) is 11.6 Å². The summed E-state index contributed by atoms with van der Waals surface area (Å²) < 4.78 is 0. The van der Waals surface area contributed by atoms with Gasteiger partial charge >= 0.3 is 0 Å². The van der Waals surface area contributed by atoms with Crippen LogP contribution in [0.5, 0.6) is 0 Å². The summed E-state index contributed by atoms with van der Waals surface area (Å²) in [6.07, 6.45) is 1.01. The highest BCUT2D eigenvalue weighted by Gasteiger charge is 2.26. The highest BCUT2D eigenvalue weighted by Crippen LogP contribution is 2.32. The summed E-state index contributed by atoms with van der Waals surface area (Å²) in [5, 5.41) is 1.15. The fourth-order valence-electron chi connectivity index (χ4n) is 3.27. The summed E-state index contributed by atoms with van der Waals surface area (Å²) in [7, 11) is 0. The van der Waals surface area contributed by atoms with Crippen molar-refractivity contribution in [3.63, 3.8) is 0 Å². The highest BCUT2D eigenvalue weighted by molar-refractivity contribution is 6.31. The normalized spacial score (nSPS) is 16.8. The van der Waals surface area contributed by atoms with E-state index in [0.29, 0.717) is 34.3 Å². The van der Waals surface area contributed by atoms with E-state index in [-0.39, 0.29) is 5.56 Å². The number of benzene rings is 2. The number of nitrogens with one attached hydrogen (secondary N) is 1. The summed E-state index contributed by atoms with van der Waals surface area (Å²) in [6, 6.07) is 13.9. The maximum absolute atomic E-state index is 12.3. The number of aromatic nitrogens is 2. The third kappa shape index (κ3) is 2.49. The number of fused-ring (bicyclic) bond motifs is 2. The van der Waals surface area contributed by atoms with Crippen molar-refractivity contribution in [2.75, 3.05) is 4.90 Å². The zero-order valence-electron chi connectivity index (χ0n) is 12.7. The summed E-state index contributed by atoms with van der Waals surface area (Å²) in [6.45, 7) is 2.77. The Morgan fingerprint density at radius 1 is 1.30 bits per heavy atom. The molecule has 0 unspecified atom stereocenters. The molecule has 1 aliphatic rings. The second-order valence-corrected chi connectivity index (χ2v) is 6.42. The minimum atomic E-state index is -0.123. The third-order valence-corrected chi connectivity index (χ3v) is 4.62. The molecular formula is C18H16ClN3O. The molecule has 1 aromatic heterocycles. The molecule has 0 aliphatic carbocycles. The molecule has 1 N–H and O–H groups in total. The van der Waals surface area contributed by atoms with Gasteiger partial charge in [0, 0.05) is 16.8 Å². The fraction of sp³-hybridized carbons (Fsp3) is 0.222. The van der Waals surface area contributed by atoms with Crippen LogP contribution in [0.3, 0.4) is 0 Å². The molecule has 23 heavy (non-hydrogen) atoms. The lowest BCUT2D eigenvalue weighted by Crippen LogP contribution is -2.30. The molecule has 3 aromatic rings. The number of hydrogen-bond acceptors (Lipinski definition) is 3. The molecule has 116 valence electrons. The third-order valence-electron chi connectivity index (χ3n) is 4.39. The zero-order chi connectivity index (χ0) is 16.0. The van der Waals surface area contributed by atoms with Gasteiger partial charge in [-0.1, -0.05) is 29.8 Å². The van der Waals surface area contributed by atoms with Gasteiger partial charge in [0.05, 0.1) is 17.4 Å². The van der Waals surface area contributed by atoms with Gasteiger partial charge in [-0.25, -0.2) is 4.98 Å². The number of halogens is 1. The molecule has 0 saturated carbocycles. The van der Waals surface area contributed by atoms with Crippen LogP contribution < -0.4 is 10.5 Å². The standard InChI is InChI=1S/C18H16ClN3O/c1-11-8-12-4-2-3-5-16(12)22(11)10-17-20-15-9-13(19)6-7-14(15)18(23)21-17/h2-7,9,11H,8,10H2,1H3,(H,20,21,23)/t11-/m0/s1. The van der Waals surface area contributed by atoms with Crippen LogP contribution in [-0.4, -0.2) is 16.0 Å². The summed E-state index contributed by atoms with van der Waals surface area (Å²) in [5.74, 6) is 0.660. The smallest absolute Gasteiger partial charge is 0.258 e. The molecular weight excluding hydrogens is 310 g/mol. The Morgan fingerprint density at radius 3 is 3.00 bits per heavy atom. The molecule has 1 aliphatic heterocycles. The van der Waals surface area contributed by atoms with Crippen LogP contribution in [0.1, 0.15) is 18.3 Å². The number of hydrogen-bond donors (Lipinski definition) is 1. The van der Waals surface area contributed by atoms with Crippen molar-refractivity contribution < 1.29 is 0 Å². The average Bonchev–Trinajstić information content (AvgIpc) is 2.83. The first-order valence-corrected chi connectivity index (χ1v) is 8.02. The Morgan fingerprint density at radius 2 is 2.13 bits per heavy atom. The molecule has 4 rings (SSSR count). The molecule has 0 fully saturated rings. The second kappa shape index (κ2) is 5.39. The topological polar surface area (TPSA) is 49.0 Å². The van der Waals surface area contributed by atoms with E-state index in [1.807, 2.05) is 6.07 Å². The van der Waals surface area contributed by atoms with Gasteiger partial charge in [-0.2, -0.15) is 0 Å². The summed E-state index contributed by atoms with van der Waals surface area (Å²) in [4.78, 5) is 22.0. The number of para-hydroxylation sites is 1. The van der Waals surface area contributed by atoms with Gasteiger partial charge in [-0.3, -0.25) is 4.79 Å². The van der Waals surface area contributed by atoms with E-state index < -0.39 is 0 Å². The lowest BCUT2D eigenvalue weighted by Gasteiger charge is -2.24. The number of rotatable bonds is 2. The Balaban J connectivity index is 1.75. The first-order chi connectivity index (χ1) is 11.1. The van der Waals surface area contributed by atoms with Crippen LogP contribution in [0.4, 0.5) is 5.69 Å². The molecule has 0 amide bonds. The van der Waals surface area contributed by atoms with Crippen LogP contribution in [0.2, 0.25) is 5.02 Å². The van der Waals surface area contributed by atoms with Crippen molar-refractivity contribution in [2.24, 2.45) is 0 Å². The van der Waals surface area contributed by atoms with E-state index in [1.54, 1.807) is 18.2 Å². The van der Waals surface area contributed by atoms with Crippen LogP contribution >= 0.6 is 11.6 Å². The van der Waals surface area contributed by atoms with Gasteiger partial charge in [0.15, 0.2) is 0 Å². The van der Waals surface area contributed by atoms with E-state index in [1.165, 1.54) is 11.3 Å². The Kier molecular flexibility index (Phi) is 3.34. The van der Waals surface area contributed by atoms with Crippen LogP contribution in [-0.2, 0) is 13.0 Å². The average molecular weight is 326 g/mol. The van der Waals surface area contributed by atoms with Crippen molar-refractivity contribution >= 4 is 28.2 Å². The molecule has 2 aromatic carbocycles. The molecule has 0 radical (unpaired) electrons. The minimum absolute atomic E-state index is 0.123. The Hall–Kier alpha value is -2.33. The first kappa shape index (κ1) is 14.3. The minimum Gasteiger partial charge on any atom is -0.361 e. The molecule has 2 heterocycles. The number of H-pyrrole nitrogens is 1. The van der Waals surface area contributed by atoms with E-state index in [9.17, 15) is 4.79 Å². The largest absolute Gasteiger partial charge is 0.361 e. The predicted octanol–water partition coefficient (Wildman–Crippen LogP) is 3.53. The maximum atomic E-state index is 12.3. The SMILES string of the molecule is C[C@H]1Cc2ccccc2N1Cc1nc2cc(Cl)ccc2c(=O)[nH]1. The van der Waals surface area contributed by atoms with Gasteiger partial charge in [-0.05, 0) is 43.2 Å². The van der Waals surface area contributed by atoms with Crippen LogP contribution in [0, 0.1) is 0 Å². The lowest BCUT2D eigenvalue weighted by molar-refractivity contribution is 0.655. The molecule has 1 atom stereocenters. The number of nitrogens with zero attached hydrogens (tertiary/aromatic N) is 2. The number of anilines is 1. The van der Waals surface area contributed by atoms with Crippen molar-refractivity contribution in [2.45, 2.75) is 25.9 Å². The molecule has 0 spiro atoms. The monoisotopic (exact) mass is 325 g/mol. The summed E-state index contributed by atoms with van der Waals surface area (Å²) >= 11 is 6.02. The summed E-state index contributed by atoms with van der Waals surface area (Å²) in [5.41, 5.74) is 3.07. The van der Waals surface area contributed by atoms with E-state index in [2.05, 4.69) is 40.0 Å². The quantitative estimate of drug-likeness (QED) is 0.784. The van der Waals surface area contributed by atoms with E-state index >= 15 is 0 Å². The van der Waals surface area contributed by atoms with Crippen LogP contribution in [0.15, 0.2) is 47.3 Å².